The number of benzene rings is 2. The molecule has 4 heteroatoms. The highest BCUT2D eigenvalue weighted by molar-refractivity contribution is 6.02. The molecule has 0 bridgehead atoms. The highest BCUT2D eigenvalue weighted by atomic mass is 16.7. The third kappa shape index (κ3) is 4.51. The number of rotatable bonds is 5. The number of carbonyl (C=O) groups excluding carboxylic acids is 1. The standard InChI is InChI=1S/C22H26N2O2/c1-24(2)20-15-13-18(14-16-20)21(17-9-5-3-6-10-17)23-26-22(25)19-11-7-4-8-12-19/h4,7-8,11-17H,3,5-6,9-10H2,1-2H3/b23-21+. The molecule has 0 N–H and O–H groups in total. The summed E-state index contributed by atoms with van der Waals surface area (Å²) in [6, 6.07) is 17.3. The average Bonchev–Trinajstić information content (AvgIpc) is 2.70. The van der Waals surface area contributed by atoms with Crippen molar-refractivity contribution in [2.45, 2.75) is 32.1 Å². The smallest absolute Gasteiger partial charge is 0.365 e. The van der Waals surface area contributed by atoms with Crippen LogP contribution in [-0.4, -0.2) is 25.8 Å². The number of oxime groups is 1. The quantitative estimate of drug-likeness (QED) is 0.438. The molecule has 4 nitrogen and oxygen atoms in total. The van der Waals surface area contributed by atoms with Crippen LogP contribution in [0.5, 0.6) is 0 Å². The molecule has 0 saturated heterocycles. The van der Waals surface area contributed by atoms with Crippen molar-refractivity contribution in [1.29, 1.82) is 0 Å². The summed E-state index contributed by atoms with van der Waals surface area (Å²) in [5.74, 6) is -0.0682. The number of anilines is 1. The van der Waals surface area contributed by atoms with Gasteiger partial charge in [-0.15, -0.1) is 0 Å². The van der Waals surface area contributed by atoms with Crippen LogP contribution in [0.2, 0.25) is 0 Å². The molecule has 0 amide bonds. The van der Waals surface area contributed by atoms with Gasteiger partial charge in [-0.25, -0.2) is 4.79 Å². The summed E-state index contributed by atoms with van der Waals surface area (Å²) in [5, 5.41) is 4.32. The minimum absolute atomic E-state index is 0.345. The lowest BCUT2D eigenvalue weighted by molar-refractivity contribution is 0.0513. The minimum atomic E-state index is -0.413. The number of nitrogens with zero attached hydrogens (tertiary/aromatic N) is 2. The molecule has 0 atom stereocenters. The highest BCUT2D eigenvalue weighted by Crippen LogP contribution is 2.28. The van der Waals surface area contributed by atoms with E-state index in [1.54, 1.807) is 12.1 Å². The molecule has 1 saturated carbocycles. The Labute approximate surface area is 155 Å². The monoisotopic (exact) mass is 350 g/mol. The van der Waals surface area contributed by atoms with Gasteiger partial charge in [0.05, 0.1) is 11.3 Å². The molecule has 3 rings (SSSR count). The normalized spacial score (nSPS) is 15.5. The summed E-state index contributed by atoms with van der Waals surface area (Å²) in [6.45, 7) is 0. The minimum Gasteiger partial charge on any atom is -0.378 e. The largest absolute Gasteiger partial charge is 0.378 e. The third-order valence-corrected chi connectivity index (χ3v) is 4.91. The maximum Gasteiger partial charge on any atom is 0.365 e. The Morgan fingerprint density at radius 1 is 0.923 bits per heavy atom. The Morgan fingerprint density at radius 2 is 1.58 bits per heavy atom. The summed E-state index contributed by atoms with van der Waals surface area (Å²) in [5.41, 5.74) is 3.57. The molecule has 2 aromatic rings. The first-order valence-corrected chi connectivity index (χ1v) is 9.27. The average molecular weight is 350 g/mol. The summed E-state index contributed by atoms with van der Waals surface area (Å²) >= 11 is 0. The van der Waals surface area contributed by atoms with Gasteiger partial charge in [-0.2, -0.15) is 0 Å². The van der Waals surface area contributed by atoms with Crippen LogP contribution in [0.1, 0.15) is 48.0 Å². The molecule has 0 heterocycles. The molecule has 1 aliphatic carbocycles. The van der Waals surface area contributed by atoms with Gasteiger partial charge in [0.25, 0.3) is 0 Å². The first-order valence-electron chi connectivity index (χ1n) is 9.27. The Bertz CT molecular complexity index is 745. The fourth-order valence-electron chi connectivity index (χ4n) is 3.39. The molecule has 0 aromatic heterocycles. The summed E-state index contributed by atoms with van der Waals surface area (Å²) < 4.78 is 0. The topological polar surface area (TPSA) is 41.9 Å². The Balaban J connectivity index is 1.84. The van der Waals surface area contributed by atoms with Crippen LogP contribution in [0.4, 0.5) is 5.69 Å². The van der Waals surface area contributed by atoms with E-state index in [-0.39, 0.29) is 0 Å². The molecule has 0 radical (unpaired) electrons. The van der Waals surface area contributed by atoms with Crippen molar-refractivity contribution in [3.8, 4) is 0 Å². The van der Waals surface area contributed by atoms with Crippen molar-refractivity contribution in [1.82, 2.24) is 0 Å². The maximum absolute atomic E-state index is 12.3. The second kappa shape index (κ2) is 8.65. The van der Waals surface area contributed by atoms with Crippen molar-refractivity contribution in [3.63, 3.8) is 0 Å². The lowest BCUT2D eigenvalue weighted by atomic mass is 9.83. The number of carbonyl (C=O) groups is 1. The van der Waals surface area contributed by atoms with Gasteiger partial charge in [0.2, 0.25) is 0 Å². The first-order chi connectivity index (χ1) is 12.6. The van der Waals surface area contributed by atoms with E-state index in [0.717, 1.165) is 29.8 Å². The lowest BCUT2D eigenvalue weighted by Gasteiger charge is -2.23. The number of hydrogen-bond donors (Lipinski definition) is 0. The maximum atomic E-state index is 12.3. The summed E-state index contributed by atoms with van der Waals surface area (Å²) in [4.78, 5) is 19.7. The molecule has 0 spiro atoms. The zero-order valence-electron chi connectivity index (χ0n) is 15.5. The first kappa shape index (κ1) is 18.2. The van der Waals surface area contributed by atoms with Gasteiger partial charge in [-0.1, -0.05) is 54.8 Å². The SMILES string of the molecule is CN(C)c1ccc(/C(=N/OC(=O)c2ccccc2)C2CCCCC2)cc1. The van der Waals surface area contributed by atoms with E-state index in [2.05, 4.69) is 34.3 Å². The van der Waals surface area contributed by atoms with Gasteiger partial charge >= 0.3 is 5.97 Å². The third-order valence-electron chi connectivity index (χ3n) is 4.91. The zero-order chi connectivity index (χ0) is 18.4. The summed E-state index contributed by atoms with van der Waals surface area (Å²) in [7, 11) is 4.04. The Kier molecular flexibility index (Phi) is 6.05. The van der Waals surface area contributed by atoms with Crippen LogP contribution in [-0.2, 0) is 4.84 Å². The van der Waals surface area contributed by atoms with E-state index in [1.165, 1.54) is 19.3 Å². The van der Waals surface area contributed by atoms with Gasteiger partial charge in [-0.05, 0) is 42.7 Å². The van der Waals surface area contributed by atoms with Gasteiger partial charge in [-0.3, -0.25) is 0 Å². The van der Waals surface area contributed by atoms with Crippen molar-refractivity contribution in [2.24, 2.45) is 11.1 Å². The molecule has 0 unspecified atom stereocenters. The van der Waals surface area contributed by atoms with Crippen LogP contribution < -0.4 is 4.90 Å². The second-order valence-electron chi connectivity index (χ2n) is 7.00. The van der Waals surface area contributed by atoms with E-state index < -0.39 is 5.97 Å². The van der Waals surface area contributed by atoms with Crippen molar-refractivity contribution in [2.75, 3.05) is 19.0 Å². The lowest BCUT2D eigenvalue weighted by Crippen LogP contribution is -2.20. The Hall–Kier alpha value is -2.62. The van der Waals surface area contributed by atoms with E-state index in [1.807, 2.05) is 32.3 Å². The van der Waals surface area contributed by atoms with Gasteiger partial charge < -0.3 is 9.74 Å². The van der Waals surface area contributed by atoms with Crippen LogP contribution >= 0.6 is 0 Å². The van der Waals surface area contributed by atoms with Gasteiger partial charge in [0, 0.05) is 25.7 Å². The van der Waals surface area contributed by atoms with E-state index in [0.29, 0.717) is 11.5 Å². The molecule has 1 fully saturated rings. The molecule has 1 aliphatic rings. The number of hydrogen-bond acceptors (Lipinski definition) is 4. The predicted octanol–water partition coefficient (Wildman–Crippen LogP) is 4.89. The summed E-state index contributed by atoms with van der Waals surface area (Å²) in [6.07, 6.45) is 5.86. The van der Waals surface area contributed by atoms with Crippen LogP contribution in [0, 0.1) is 5.92 Å². The highest BCUT2D eigenvalue weighted by Gasteiger charge is 2.22. The van der Waals surface area contributed by atoms with Crippen molar-refractivity contribution >= 4 is 17.4 Å². The van der Waals surface area contributed by atoms with Crippen LogP contribution in [0.25, 0.3) is 0 Å². The molecule has 2 aromatic carbocycles. The molecule has 0 aliphatic heterocycles. The predicted molar refractivity (Wildman–Crippen MR) is 106 cm³/mol. The van der Waals surface area contributed by atoms with E-state index in [4.69, 9.17) is 4.84 Å². The molecular formula is C22H26N2O2. The van der Waals surface area contributed by atoms with Gasteiger partial charge in [0.15, 0.2) is 0 Å². The molecular weight excluding hydrogens is 324 g/mol. The van der Waals surface area contributed by atoms with Gasteiger partial charge in [0.1, 0.15) is 0 Å². The van der Waals surface area contributed by atoms with Crippen LogP contribution in [0.15, 0.2) is 59.8 Å². The molecule has 136 valence electrons. The van der Waals surface area contributed by atoms with Crippen molar-refractivity contribution < 1.29 is 9.63 Å². The zero-order valence-corrected chi connectivity index (χ0v) is 15.5. The van der Waals surface area contributed by atoms with E-state index >= 15 is 0 Å². The van der Waals surface area contributed by atoms with E-state index in [9.17, 15) is 4.79 Å². The second-order valence-corrected chi connectivity index (χ2v) is 7.00. The Morgan fingerprint density at radius 3 is 2.19 bits per heavy atom. The van der Waals surface area contributed by atoms with Crippen molar-refractivity contribution in [3.05, 3.63) is 65.7 Å². The fraction of sp³-hybridized carbons (Fsp3) is 0.364. The van der Waals surface area contributed by atoms with Crippen LogP contribution in [0.3, 0.4) is 0 Å². The fourth-order valence-corrected chi connectivity index (χ4v) is 3.39. The molecule has 26 heavy (non-hydrogen) atoms.